The van der Waals surface area contributed by atoms with Crippen molar-refractivity contribution in [1.82, 2.24) is 0 Å². The molecule has 0 radical (unpaired) electrons. The van der Waals surface area contributed by atoms with Crippen LogP contribution in [-0.4, -0.2) is 5.11 Å². The molecule has 0 spiro atoms. The molecule has 0 amide bonds. The molecule has 1 heterocycles. The molecule has 0 aliphatic rings. The molecule has 102 valence electrons. The van der Waals surface area contributed by atoms with Crippen LogP contribution in [0.5, 0.6) is 0 Å². The van der Waals surface area contributed by atoms with E-state index in [-0.39, 0.29) is 5.41 Å². The topological polar surface area (TPSA) is 33.4 Å². The Bertz CT molecular complexity index is 535. The van der Waals surface area contributed by atoms with Crippen molar-refractivity contribution in [2.45, 2.75) is 45.6 Å². The van der Waals surface area contributed by atoms with Crippen LogP contribution in [0, 0.1) is 6.92 Å². The lowest BCUT2D eigenvalue weighted by molar-refractivity contribution is 0.188. The molecule has 2 heteroatoms. The van der Waals surface area contributed by atoms with Gasteiger partial charge in [0.1, 0.15) is 11.9 Å². The van der Waals surface area contributed by atoms with E-state index in [0.29, 0.717) is 5.76 Å². The van der Waals surface area contributed by atoms with Crippen LogP contribution < -0.4 is 0 Å². The standard InChI is InChI=1S/C17H22O2/c1-5-17(3,4)14-8-6-13(7-9-14)15(18)16-12(2)10-11-19-16/h6-11,15,18H,5H2,1-4H3. The van der Waals surface area contributed by atoms with E-state index in [1.54, 1.807) is 6.26 Å². The molecule has 2 rings (SSSR count). The van der Waals surface area contributed by atoms with Crippen LogP contribution in [0.4, 0.5) is 0 Å². The summed E-state index contributed by atoms with van der Waals surface area (Å²) in [4.78, 5) is 0. The van der Waals surface area contributed by atoms with Gasteiger partial charge in [0.15, 0.2) is 0 Å². The third-order valence-corrected chi connectivity index (χ3v) is 4.04. The fourth-order valence-corrected chi connectivity index (χ4v) is 2.14. The predicted octanol–water partition coefficient (Wildman–Crippen LogP) is 4.36. The number of aliphatic hydroxyl groups excluding tert-OH is 1. The molecule has 0 saturated heterocycles. The Morgan fingerprint density at radius 1 is 1.16 bits per heavy atom. The van der Waals surface area contributed by atoms with E-state index in [4.69, 9.17) is 4.42 Å². The van der Waals surface area contributed by atoms with Gasteiger partial charge >= 0.3 is 0 Å². The number of rotatable bonds is 4. The van der Waals surface area contributed by atoms with Gasteiger partial charge in [0.25, 0.3) is 0 Å². The maximum absolute atomic E-state index is 10.3. The summed E-state index contributed by atoms with van der Waals surface area (Å²) < 4.78 is 5.35. The molecule has 0 bridgehead atoms. The quantitative estimate of drug-likeness (QED) is 0.884. The molecule has 0 saturated carbocycles. The summed E-state index contributed by atoms with van der Waals surface area (Å²) in [6.45, 7) is 8.59. The Morgan fingerprint density at radius 3 is 2.26 bits per heavy atom. The molecule has 1 N–H and O–H groups in total. The lowest BCUT2D eigenvalue weighted by atomic mass is 9.82. The second-order valence-electron chi connectivity index (χ2n) is 5.73. The van der Waals surface area contributed by atoms with E-state index in [1.807, 2.05) is 25.1 Å². The molecular formula is C17H22O2. The Balaban J connectivity index is 2.26. The highest BCUT2D eigenvalue weighted by Gasteiger charge is 2.20. The van der Waals surface area contributed by atoms with Gasteiger partial charge in [0.2, 0.25) is 0 Å². The van der Waals surface area contributed by atoms with Crippen LogP contribution in [0.1, 0.15) is 55.7 Å². The highest BCUT2D eigenvalue weighted by molar-refractivity contribution is 5.33. The largest absolute Gasteiger partial charge is 0.466 e. The number of benzene rings is 1. The fourth-order valence-electron chi connectivity index (χ4n) is 2.14. The van der Waals surface area contributed by atoms with Crippen molar-refractivity contribution >= 4 is 0 Å². The zero-order valence-electron chi connectivity index (χ0n) is 12.1. The molecule has 2 nitrogen and oxygen atoms in total. The second-order valence-corrected chi connectivity index (χ2v) is 5.73. The summed E-state index contributed by atoms with van der Waals surface area (Å²) in [5.41, 5.74) is 3.31. The molecule has 19 heavy (non-hydrogen) atoms. The van der Waals surface area contributed by atoms with Crippen molar-refractivity contribution in [1.29, 1.82) is 0 Å². The van der Waals surface area contributed by atoms with Crippen molar-refractivity contribution in [3.63, 3.8) is 0 Å². The van der Waals surface area contributed by atoms with E-state index in [2.05, 4.69) is 32.9 Å². The molecule has 1 unspecified atom stereocenters. The molecule has 1 aromatic heterocycles. The highest BCUT2D eigenvalue weighted by atomic mass is 16.4. The lowest BCUT2D eigenvalue weighted by Crippen LogP contribution is -2.15. The Hall–Kier alpha value is -1.54. The lowest BCUT2D eigenvalue weighted by Gasteiger charge is -2.23. The minimum Gasteiger partial charge on any atom is -0.466 e. The number of aliphatic hydroxyl groups is 1. The van der Waals surface area contributed by atoms with E-state index in [1.165, 1.54) is 5.56 Å². The average molecular weight is 258 g/mol. The average Bonchev–Trinajstić information content (AvgIpc) is 2.84. The van der Waals surface area contributed by atoms with Gasteiger partial charge in [-0.25, -0.2) is 0 Å². The van der Waals surface area contributed by atoms with E-state index >= 15 is 0 Å². The van der Waals surface area contributed by atoms with Crippen molar-refractivity contribution in [3.05, 3.63) is 59.0 Å². The van der Waals surface area contributed by atoms with Crippen LogP contribution in [0.3, 0.4) is 0 Å². The molecule has 0 fully saturated rings. The molecule has 0 aliphatic carbocycles. The van der Waals surface area contributed by atoms with Gasteiger partial charge in [0, 0.05) is 0 Å². The Kier molecular flexibility index (Phi) is 3.81. The monoisotopic (exact) mass is 258 g/mol. The Labute approximate surface area is 115 Å². The van der Waals surface area contributed by atoms with Gasteiger partial charge in [0.05, 0.1) is 6.26 Å². The first-order valence-corrected chi connectivity index (χ1v) is 6.78. The summed E-state index contributed by atoms with van der Waals surface area (Å²) in [6, 6.07) is 10.0. The summed E-state index contributed by atoms with van der Waals surface area (Å²) >= 11 is 0. The van der Waals surface area contributed by atoms with Crippen molar-refractivity contribution < 1.29 is 9.52 Å². The van der Waals surface area contributed by atoms with Gasteiger partial charge in [-0.15, -0.1) is 0 Å². The third-order valence-electron chi connectivity index (χ3n) is 4.04. The van der Waals surface area contributed by atoms with E-state index in [0.717, 1.165) is 17.5 Å². The maximum Gasteiger partial charge on any atom is 0.139 e. The van der Waals surface area contributed by atoms with Crippen LogP contribution in [0.2, 0.25) is 0 Å². The highest BCUT2D eigenvalue weighted by Crippen LogP contribution is 2.30. The van der Waals surface area contributed by atoms with E-state index < -0.39 is 6.10 Å². The minimum absolute atomic E-state index is 0.171. The number of hydrogen-bond donors (Lipinski definition) is 1. The first-order chi connectivity index (χ1) is 8.95. The normalized spacial score (nSPS) is 13.5. The molecule has 2 aromatic rings. The van der Waals surface area contributed by atoms with Gasteiger partial charge < -0.3 is 9.52 Å². The molecule has 0 aliphatic heterocycles. The second kappa shape index (κ2) is 5.22. The zero-order chi connectivity index (χ0) is 14.0. The maximum atomic E-state index is 10.3. The predicted molar refractivity (Wildman–Crippen MR) is 77.3 cm³/mol. The van der Waals surface area contributed by atoms with Crippen molar-refractivity contribution in [3.8, 4) is 0 Å². The SMILES string of the molecule is CCC(C)(C)c1ccc(C(O)c2occc2C)cc1. The molecular weight excluding hydrogens is 236 g/mol. The summed E-state index contributed by atoms with van der Waals surface area (Å²) in [6.07, 6.45) is 2.02. The van der Waals surface area contributed by atoms with Gasteiger partial charge in [-0.2, -0.15) is 0 Å². The third kappa shape index (κ3) is 2.74. The van der Waals surface area contributed by atoms with Crippen LogP contribution >= 0.6 is 0 Å². The van der Waals surface area contributed by atoms with E-state index in [9.17, 15) is 5.11 Å². The van der Waals surface area contributed by atoms with Gasteiger partial charge in [-0.1, -0.05) is 45.0 Å². The van der Waals surface area contributed by atoms with Gasteiger partial charge in [-0.3, -0.25) is 0 Å². The fraction of sp³-hybridized carbons (Fsp3) is 0.412. The molecule has 1 atom stereocenters. The zero-order valence-corrected chi connectivity index (χ0v) is 12.1. The first kappa shape index (κ1) is 13.9. The minimum atomic E-state index is -0.686. The first-order valence-electron chi connectivity index (χ1n) is 6.78. The van der Waals surface area contributed by atoms with Gasteiger partial charge in [-0.05, 0) is 41.5 Å². The van der Waals surface area contributed by atoms with Crippen LogP contribution in [-0.2, 0) is 5.41 Å². The molecule has 1 aromatic carbocycles. The summed E-state index contributed by atoms with van der Waals surface area (Å²) in [7, 11) is 0. The van der Waals surface area contributed by atoms with Crippen LogP contribution in [0.15, 0.2) is 41.0 Å². The summed E-state index contributed by atoms with van der Waals surface area (Å²) in [5.74, 6) is 0.627. The Morgan fingerprint density at radius 2 is 1.79 bits per heavy atom. The number of furan rings is 1. The van der Waals surface area contributed by atoms with Crippen molar-refractivity contribution in [2.24, 2.45) is 0 Å². The number of hydrogen-bond acceptors (Lipinski definition) is 2. The number of aryl methyl sites for hydroxylation is 1. The smallest absolute Gasteiger partial charge is 0.139 e. The van der Waals surface area contributed by atoms with Crippen LogP contribution in [0.25, 0.3) is 0 Å². The van der Waals surface area contributed by atoms with Crippen molar-refractivity contribution in [2.75, 3.05) is 0 Å². The summed E-state index contributed by atoms with van der Waals surface area (Å²) in [5, 5.41) is 10.3.